The summed E-state index contributed by atoms with van der Waals surface area (Å²) in [6.45, 7) is 15.5. The van der Waals surface area contributed by atoms with Gasteiger partial charge >= 0.3 is 0 Å². The SMILES string of the molecule is C=C/C=C\C1=C(C)C(=O)N(C(C)(C)C)C1=C. The Labute approximate surface area is 97.6 Å². The van der Waals surface area contributed by atoms with Crippen molar-refractivity contribution < 1.29 is 4.79 Å². The zero-order chi connectivity index (χ0) is 12.5. The van der Waals surface area contributed by atoms with Gasteiger partial charge in [-0.05, 0) is 27.7 Å². The summed E-state index contributed by atoms with van der Waals surface area (Å²) in [6, 6.07) is 0. The summed E-state index contributed by atoms with van der Waals surface area (Å²) in [4.78, 5) is 13.8. The summed E-state index contributed by atoms with van der Waals surface area (Å²) in [5.41, 5.74) is 2.19. The highest BCUT2D eigenvalue weighted by Crippen LogP contribution is 2.34. The van der Waals surface area contributed by atoms with Gasteiger partial charge in [0.2, 0.25) is 0 Å². The maximum Gasteiger partial charge on any atom is 0.255 e. The molecule has 2 nitrogen and oxygen atoms in total. The second-order valence-corrected chi connectivity index (χ2v) is 4.89. The molecule has 0 aromatic rings. The Morgan fingerprint density at radius 3 is 2.25 bits per heavy atom. The van der Waals surface area contributed by atoms with Crippen molar-refractivity contribution in [3.05, 3.63) is 48.2 Å². The Kier molecular flexibility index (Phi) is 3.22. The van der Waals surface area contributed by atoms with Crippen LogP contribution in [0, 0.1) is 0 Å². The summed E-state index contributed by atoms with van der Waals surface area (Å²) < 4.78 is 0. The van der Waals surface area contributed by atoms with Gasteiger partial charge in [-0.25, -0.2) is 0 Å². The fraction of sp³-hybridized carbons (Fsp3) is 0.357. The predicted octanol–water partition coefficient (Wildman–Crippen LogP) is 3.20. The van der Waals surface area contributed by atoms with E-state index in [0.29, 0.717) is 0 Å². The zero-order valence-electron chi connectivity index (χ0n) is 10.5. The third-order valence-corrected chi connectivity index (χ3v) is 2.58. The monoisotopic (exact) mass is 217 g/mol. The highest BCUT2D eigenvalue weighted by molar-refractivity contribution is 6.01. The number of amides is 1. The molecule has 0 aliphatic carbocycles. The van der Waals surface area contributed by atoms with E-state index in [0.717, 1.165) is 16.8 Å². The standard InChI is InChI=1S/C14H19NO/c1-7-8-9-12-10(2)13(16)15(11(12)3)14(4,5)6/h7-9H,1,3H2,2,4-6H3/b9-8-. The number of nitrogens with zero attached hydrogens (tertiary/aromatic N) is 1. The van der Waals surface area contributed by atoms with Crippen molar-refractivity contribution in [2.75, 3.05) is 0 Å². The van der Waals surface area contributed by atoms with Gasteiger partial charge < -0.3 is 4.90 Å². The van der Waals surface area contributed by atoms with Crippen LogP contribution in [0.15, 0.2) is 48.2 Å². The van der Waals surface area contributed by atoms with Gasteiger partial charge in [0, 0.05) is 22.4 Å². The van der Waals surface area contributed by atoms with Crippen LogP contribution in [-0.2, 0) is 4.79 Å². The van der Waals surface area contributed by atoms with Crippen LogP contribution in [-0.4, -0.2) is 16.3 Å². The van der Waals surface area contributed by atoms with E-state index in [4.69, 9.17) is 0 Å². The van der Waals surface area contributed by atoms with Gasteiger partial charge in [0.25, 0.3) is 5.91 Å². The molecule has 1 rings (SSSR count). The maximum atomic E-state index is 12.1. The second-order valence-electron chi connectivity index (χ2n) is 4.89. The van der Waals surface area contributed by atoms with Gasteiger partial charge in [-0.1, -0.05) is 31.4 Å². The second kappa shape index (κ2) is 4.12. The van der Waals surface area contributed by atoms with Crippen molar-refractivity contribution >= 4 is 5.91 Å². The highest BCUT2D eigenvalue weighted by Gasteiger charge is 2.36. The first-order valence-corrected chi connectivity index (χ1v) is 5.34. The molecule has 1 heterocycles. The van der Waals surface area contributed by atoms with Crippen molar-refractivity contribution in [1.82, 2.24) is 4.90 Å². The summed E-state index contributed by atoms with van der Waals surface area (Å²) in [5, 5.41) is 0. The fourth-order valence-corrected chi connectivity index (χ4v) is 1.84. The predicted molar refractivity (Wildman–Crippen MR) is 67.8 cm³/mol. The lowest BCUT2D eigenvalue weighted by molar-refractivity contribution is -0.127. The van der Waals surface area contributed by atoms with Crippen molar-refractivity contribution in [2.24, 2.45) is 0 Å². The first kappa shape index (κ1) is 12.5. The molecule has 16 heavy (non-hydrogen) atoms. The van der Waals surface area contributed by atoms with Crippen LogP contribution in [0.2, 0.25) is 0 Å². The van der Waals surface area contributed by atoms with Gasteiger partial charge in [0.05, 0.1) is 0 Å². The van der Waals surface area contributed by atoms with Crippen LogP contribution in [0.1, 0.15) is 27.7 Å². The molecule has 0 saturated heterocycles. The Balaban J connectivity index is 3.16. The first-order valence-electron chi connectivity index (χ1n) is 5.34. The van der Waals surface area contributed by atoms with E-state index in [1.165, 1.54) is 0 Å². The summed E-state index contributed by atoms with van der Waals surface area (Å²) >= 11 is 0. The molecule has 0 N–H and O–H groups in total. The van der Waals surface area contributed by atoms with Crippen molar-refractivity contribution in [3.63, 3.8) is 0 Å². The number of carbonyl (C=O) groups excluding carboxylic acids is 1. The van der Waals surface area contributed by atoms with E-state index in [1.54, 1.807) is 11.0 Å². The molecule has 0 aromatic carbocycles. The van der Waals surface area contributed by atoms with E-state index in [9.17, 15) is 4.79 Å². The quantitative estimate of drug-likeness (QED) is 0.650. The molecule has 0 aromatic heterocycles. The fourth-order valence-electron chi connectivity index (χ4n) is 1.84. The Morgan fingerprint density at radius 2 is 1.88 bits per heavy atom. The van der Waals surface area contributed by atoms with Gasteiger partial charge in [-0.15, -0.1) is 0 Å². The average Bonchev–Trinajstić information content (AvgIpc) is 2.35. The van der Waals surface area contributed by atoms with Crippen LogP contribution in [0.3, 0.4) is 0 Å². The van der Waals surface area contributed by atoms with Gasteiger partial charge in [-0.2, -0.15) is 0 Å². The number of hydrogen-bond acceptors (Lipinski definition) is 1. The Morgan fingerprint density at radius 1 is 1.31 bits per heavy atom. The number of allylic oxidation sites excluding steroid dienone is 3. The van der Waals surface area contributed by atoms with Gasteiger partial charge in [0.1, 0.15) is 0 Å². The largest absolute Gasteiger partial charge is 0.303 e. The molecule has 0 radical (unpaired) electrons. The molecule has 0 unspecified atom stereocenters. The highest BCUT2D eigenvalue weighted by atomic mass is 16.2. The molecule has 1 amide bonds. The lowest BCUT2D eigenvalue weighted by Crippen LogP contribution is -2.41. The lowest BCUT2D eigenvalue weighted by Gasteiger charge is -2.33. The van der Waals surface area contributed by atoms with Crippen molar-refractivity contribution in [3.8, 4) is 0 Å². The van der Waals surface area contributed by atoms with Crippen molar-refractivity contribution in [2.45, 2.75) is 33.2 Å². The number of hydrogen-bond donors (Lipinski definition) is 0. The van der Waals surface area contributed by atoms with Gasteiger partial charge in [0.15, 0.2) is 0 Å². The van der Waals surface area contributed by atoms with Gasteiger partial charge in [-0.3, -0.25) is 4.79 Å². The molecule has 0 bridgehead atoms. The third-order valence-electron chi connectivity index (χ3n) is 2.58. The van der Waals surface area contributed by atoms with Crippen LogP contribution in [0.25, 0.3) is 0 Å². The summed E-state index contributed by atoms with van der Waals surface area (Å²) in [5.74, 6) is 0.0428. The molecular weight excluding hydrogens is 198 g/mol. The minimum atomic E-state index is -0.237. The zero-order valence-corrected chi connectivity index (χ0v) is 10.5. The van der Waals surface area contributed by atoms with E-state index in [-0.39, 0.29) is 11.4 Å². The summed E-state index contributed by atoms with van der Waals surface area (Å²) in [7, 11) is 0. The minimum absolute atomic E-state index is 0.0428. The maximum absolute atomic E-state index is 12.1. The third kappa shape index (κ3) is 2.01. The van der Waals surface area contributed by atoms with E-state index in [2.05, 4.69) is 13.2 Å². The smallest absolute Gasteiger partial charge is 0.255 e. The normalized spacial score (nSPS) is 17.9. The minimum Gasteiger partial charge on any atom is -0.303 e. The molecule has 1 aliphatic rings. The van der Waals surface area contributed by atoms with Crippen LogP contribution in [0.4, 0.5) is 0 Å². The first-order chi connectivity index (χ1) is 7.30. The average molecular weight is 217 g/mol. The number of carbonyl (C=O) groups is 1. The molecule has 0 fully saturated rings. The molecule has 0 spiro atoms. The molecule has 86 valence electrons. The van der Waals surface area contributed by atoms with Crippen LogP contribution in [0.5, 0.6) is 0 Å². The molecule has 1 aliphatic heterocycles. The van der Waals surface area contributed by atoms with E-state index in [1.807, 2.05) is 39.8 Å². The Hall–Kier alpha value is -1.57. The molecular formula is C14H19NO. The lowest BCUT2D eigenvalue weighted by atomic mass is 10.1. The number of rotatable bonds is 2. The molecule has 2 heteroatoms. The van der Waals surface area contributed by atoms with Crippen molar-refractivity contribution in [1.29, 1.82) is 0 Å². The topological polar surface area (TPSA) is 20.3 Å². The molecule has 0 atom stereocenters. The summed E-state index contributed by atoms with van der Waals surface area (Å²) in [6.07, 6.45) is 5.40. The van der Waals surface area contributed by atoms with Crippen LogP contribution < -0.4 is 0 Å². The van der Waals surface area contributed by atoms with E-state index < -0.39 is 0 Å². The van der Waals surface area contributed by atoms with Crippen LogP contribution >= 0.6 is 0 Å². The van der Waals surface area contributed by atoms with E-state index >= 15 is 0 Å². The molecule has 0 saturated carbocycles. The Bertz CT molecular complexity index is 405.